The summed E-state index contributed by atoms with van der Waals surface area (Å²) in [6.45, 7) is 7.13. The van der Waals surface area contributed by atoms with E-state index in [1.807, 2.05) is 29.2 Å². The molecule has 4 rings (SSSR count). The van der Waals surface area contributed by atoms with Gasteiger partial charge in [0.15, 0.2) is 0 Å². The van der Waals surface area contributed by atoms with Crippen molar-refractivity contribution in [3.05, 3.63) is 30.3 Å². The molecule has 7 nitrogen and oxygen atoms in total. The Morgan fingerprint density at radius 2 is 1.78 bits per heavy atom. The first kappa shape index (κ1) is 22.4. The van der Waals surface area contributed by atoms with E-state index in [9.17, 15) is 14.7 Å². The molecule has 3 heterocycles. The van der Waals surface area contributed by atoms with E-state index in [-0.39, 0.29) is 29.5 Å². The molecular weight excluding hydrogens is 404 g/mol. The normalized spacial score (nSPS) is 18.3. The van der Waals surface area contributed by atoms with Crippen molar-refractivity contribution in [3.63, 3.8) is 0 Å². The number of phenols is 1. The highest BCUT2D eigenvalue weighted by Crippen LogP contribution is 2.28. The van der Waals surface area contributed by atoms with Crippen LogP contribution in [0.25, 0.3) is 10.9 Å². The second-order valence-corrected chi connectivity index (χ2v) is 9.54. The van der Waals surface area contributed by atoms with Crippen LogP contribution < -0.4 is 10.2 Å². The van der Waals surface area contributed by atoms with Crippen LogP contribution in [0.3, 0.4) is 0 Å². The first-order valence-electron chi connectivity index (χ1n) is 11.8. The predicted molar refractivity (Wildman–Crippen MR) is 126 cm³/mol. The molecular formula is C25H34N4O3. The summed E-state index contributed by atoms with van der Waals surface area (Å²) in [5, 5.41) is 14.2. The standard InChI is InChI=1S/C25H34N4O3/c1-17(2)16-23(31)29-14-10-20(11-15-29)26-25(32)19-8-12-28(13-9-19)22-7-6-18-4-3-5-21(30)24(18)27-22/h3-7,17,19-20,30H,8-16H2,1-2H3,(H,26,32). The molecule has 1 aromatic heterocycles. The maximum absolute atomic E-state index is 12.8. The average molecular weight is 439 g/mol. The lowest BCUT2D eigenvalue weighted by atomic mass is 9.94. The number of aromatic nitrogens is 1. The Hall–Kier alpha value is -2.83. The van der Waals surface area contributed by atoms with Crippen LogP contribution in [0.15, 0.2) is 30.3 Å². The molecule has 0 atom stereocenters. The van der Waals surface area contributed by atoms with Crippen molar-refractivity contribution in [2.24, 2.45) is 11.8 Å². The van der Waals surface area contributed by atoms with Gasteiger partial charge in [-0.1, -0.05) is 26.0 Å². The van der Waals surface area contributed by atoms with Crippen molar-refractivity contribution in [1.82, 2.24) is 15.2 Å². The Bertz CT molecular complexity index is 961. The number of pyridine rings is 1. The van der Waals surface area contributed by atoms with Gasteiger partial charge in [0.25, 0.3) is 0 Å². The Morgan fingerprint density at radius 1 is 1.06 bits per heavy atom. The highest BCUT2D eigenvalue weighted by molar-refractivity contribution is 5.85. The van der Waals surface area contributed by atoms with E-state index in [0.29, 0.717) is 17.9 Å². The molecule has 0 unspecified atom stereocenters. The van der Waals surface area contributed by atoms with Crippen LogP contribution in [0.5, 0.6) is 5.75 Å². The highest BCUT2D eigenvalue weighted by Gasteiger charge is 2.29. The predicted octanol–water partition coefficient (Wildman–Crippen LogP) is 3.31. The third kappa shape index (κ3) is 5.14. The Morgan fingerprint density at radius 3 is 2.47 bits per heavy atom. The number of hydrogen-bond donors (Lipinski definition) is 2. The van der Waals surface area contributed by atoms with Gasteiger partial charge in [-0.05, 0) is 49.8 Å². The molecule has 2 amide bonds. The van der Waals surface area contributed by atoms with Crippen molar-refractivity contribution in [2.45, 2.75) is 52.0 Å². The number of nitrogens with one attached hydrogen (secondary N) is 1. The summed E-state index contributed by atoms with van der Waals surface area (Å²) in [4.78, 5) is 33.8. The molecule has 2 saturated heterocycles. The number of amides is 2. The molecule has 0 spiro atoms. The zero-order valence-corrected chi connectivity index (χ0v) is 19.1. The number of carbonyl (C=O) groups excluding carboxylic acids is 2. The van der Waals surface area contributed by atoms with Crippen molar-refractivity contribution < 1.29 is 14.7 Å². The number of piperidine rings is 2. The van der Waals surface area contributed by atoms with Gasteiger partial charge in [0.1, 0.15) is 17.1 Å². The van der Waals surface area contributed by atoms with Crippen molar-refractivity contribution >= 4 is 28.5 Å². The zero-order valence-electron chi connectivity index (χ0n) is 19.1. The van der Waals surface area contributed by atoms with Gasteiger partial charge >= 0.3 is 0 Å². The number of likely N-dealkylation sites (tertiary alicyclic amines) is 1. The smallest absolute Gasteiger partial charge is 0.223 e. The number of phenolic OH excluding ortho intramolecular Hbond substituents is 1. The van der Waals surface area contributed by atoms with Crippen molar-refractivity contribution in [3.8, 4) is 5.75 Å². The molecule has 2 aliphatic heterocycles. The van der Waals surface area contributed by atoms with E-state index in [4.69, 9.17) is 0 Å². The Kier molecular flexibility index (Phi) is 6.82. The van der Waals surface area contributed by atoms with Crippen LogP contribution in [0.4, 0.5) is 5.82 Å². The van der Waals surface area contributed by atoms with Gasteiger partial charge in [-0.2, -0.15) is 0 Å². The van der Waals surface area contributed by atoms with Crippen molar-refractivity contribution in [1.29, 1.82) is 0 Å². The largest absolute Gasteiger partial charge is 0.506 e. The molecule has 7 heteroatoms. The molecule has 2 aromatic rings. The minimum Gasteiger partial charge on any atom is -0.506 e. The lowest BCUT2D eigenvalue weighted by Crippen LogP contribution is -2.49. The number of rotatable bonds is 5. The van der Waals surface area contributed by atoms with Gasteiger partial charge in [0, 0.05) is 49.9 Å². The lowest BCUT2D eigenvalue weighted by molar-refractivity contribution is -0.133. The topological polar surface area (TPSA) is 85.8 Å². The maximum Gasteiger partial charge on any atom is 0.223 e. The summed E-state index contributed by atoms with van der Waals surface area (Å²) in [6.07, 6.45) is 3.84. The Balaban J connectivity index is 1.25. The quantitative estimate of drug-likeness (QED) is 0.748. The second kappa shape index (κ2) is 9.76. The minimum absolute atomic E-state index is 0.0145. The Labute approximate surface area is 189 Å². The van der Waals surface area contributed by atoms with Gasteiger partial charge in [0.2, 0.25) is 11.8 Å². The number of aromatic hydroxyl groups is 1. The second-order valence-electron chi connectivity index (χ2n) is 9.54. The van der Waals surface area contributed by atoms with Crippen LogP contribution >= 0.6 is 0 Å². The van der Waals surface area contributed by atoms with Crippen LogP contribution in [0, 0.1) is 11.8 Å². The number of nitrogens with zero attached hydrogens (tertiary/aromatic N) is 3. The number of fused-ring (bicyclic) bond motifs is 1. The summed E-state index contributed by atoms with van der Waals surface area (Å²) >= 11 is 0. The summed E-state index contributed by atoms with van der Waals surface area (Å²) < 4.78 is 0. The summed E-state index contributed by atoms with van der Waals surface area (Å²) in [5.74, 6) is 1.79. The molecule has 2 aliphatic rings. The first-order valence-corrected chi connectivity index (χ1v) is 11.8. The molecule has 0 saturated carbocycles. The maximum atomic E-state index is 12.8. The number of para-hydroxylation sites is 1. The summed E-state index contributed by atoms with van der Waals surface area (Å²) in [6, 6.07) is 9.53. The number of carbonyl (C=O) groups is 2. The van der Waals surface area contributed by atoms with Crippen molar-refractivity contribution in [2.75, 3.05) is 31.1 Å². The minimum atomic E-state index is 0.0145. The summed E-state index contributed by atoms with van der Waals surface area (Å²) in [7, 11) is 0. The van der Waals surface area contributed by atoms with Gasteiger partial charge < -0.3 is 20.2 Å². The number of anilines is 1. The molecule has 172 valence electrons. The van der Waals surface area contributed by atoms with E-state index < -0.39 is 0 Å². The fourth-order valence-electron chi connectivity index (χ4n) is 4.74. The monoisotopic (exact) mass is 438 g/mol. The third-order valence-electron chi connectivity index (χ3n) is 6.65. The number of benzene rings is 1. The van der Waals surface area contributed by atoms with E-state index in [1.165, 1.54) is 0 Å². The van der Waals surface area contributed by atoms with Crippen LogP contribution in [0.2, 0.25) is 0 Å². The molecule has 2 N–H and O–H groups in total. The van der Waals surface area contributed by atoms with Crippen LogP contribution in [0.1, 0.15) is 46.0 Å². The SMILES string of the molecule is CC(C)CC(=O)N1CCC(NC(=O)C2CCN(c3ccc4cccc(O)c4n3)CC2)CC1. The fraction of sp³-hybridized carbons (Fsp3) is 0.560. The highest BCUT2D eigenvalue weighted by atomic mass is 16.3. The third-order valence-corrected chi connectivity index (χ3v) is 6.65. The number of hydrogen-bond acceptors (Lipinski definition) is 5. The molecule has 32 heavy (non-hydrogen) atoms. The molecule has 1 aromatic carbocycles. The van der Waals surface area contributed by atoms with Crippen LogP contribution in [-0.2, 0) is 9.59 Å². The fourth-order valence-corrected chi connectivity index (χ4v) is 4.74. The molecule has 0 radical (unpaired) electrons. The first-order chi connectivity index (χ1) is 15.4. The van der Waals surface area contributed by atoms with Gasteiger partial charge in [-0.25, -0.2) is 4.98 Å². The van der Waals surface area contributed by atoms with Gasteiger partial charge in [0.05, 0.1) is 0 Å². The average Bonchev–Trinajstić information content (AvgIpc) is 2.79. The van der Waals surface area contributed by atoms with E-state index >= 15 is 0 Å². The van der Waals surface area contributed by atoms with E-state index in [1.54, 1.807) is 6.07 Å². The van der Waals surface area contributed by atoms with Crippen LogP contribution in [-0.4, -0.2) is 59.0 Å². The molecule has 0 aliphatic carbocycles. The molecule has 0 bridgehead atoms. The lowest BCUT2D eigenvalue weighted by Gasteiger charge is -2.35. The van der Waals surface area contributed by atoms with E-state index in [2.05, 4.69) is 29.0 Å². The molecule has 2 fully saturated rings. The van der Waals surface area contributed by atoms with Gasteiger partial charge in [-0.3, -0.25) is 9.59 Å². The van der Waals surface area contributed by atoms with E-state index in [0.717, 1.165) is 63.1 Å². The summed E-state index contributed by atoms with van der Waals surface area (Å²) in [5.41, 5.74) is 0.614. The van der Waals surface area contributed by atoms with Gasteiger partial charge in [-0.15, -0.1) is 0 Å². The zero-order chi connectivity index (χ0) is 22.7.